The van der Waals surface area contributed by atoms with Gasteiger partial charge in [0.1, 0.15) is 5.69 Å². The van der Waals surface area contributed by atoms with Crippen molar-refractivity contribution < 1.29 is 23.1 Å². The van der Waals surface area contributed by atoms with Crippen LogP contribution in [0.2, 0.25) is 0 Å². The molecule has 0 aliphatic carbocycles. The van der Waals surface area contributed by atoms with Gasteiger partial charge in [0.2, 0.25) is 5.95 Å². The van der Waals surface area contributed by atoms with Gasteiger partial charge in [-0.2, -0.15) is 13.2 Å². The summed E-state index contributed by atoms with van der Waals surface area (Å²) in [5.41, 5.74) is -1.05. The number of aromatic nitrogens is 2. The summed E-state index contributed by atoms with van der Waals surface area (Å²) in [6.07, 6.45) is -3.75. The number of carbonyl (C=O) groups is 1. The fraction of sp³-hybridized carbons (Fsp3) is 0.444. The lowest BCUT2D eigenvalue weighted by molar-refractivity contribution is -0.141. The fourth-order valence-electron chi connectivity index (χ4n) is 1.05. The number of halogens is 3. The third-order valence-electron chi connectivity index (χ3n) is 1.94. The summed E-state index contributed by atoms with van der Waals surface area (Å²) in [5, 5.41) is 8.45. The molecule has 1 rings (SSSR count). The molecule has 0 aromatic carbocycles. The van der Waals surface area contributed by atoms with Gasteiger partial charge in [-0.15, -0.1) is 0 Å². The molecule has 1 aromatic rings. The zero-order valence-electron chi connectivity index (χ0n) is 8.90. The molecule has 5 nitrogen and oxygen atoms in total. The van der Waals surface area contributed by atoms with Crippen LogP contribution in [-0.2, 0) is 11.0 Å². The Morgan fingerprint density at radius 1 is 1.53 bits per heavy atom. The SMILES string of the molecule is CN(CCC(=O)O)c1nccc(C(F)(F)F)n1. The van der Waals surface area contributed by atoms with E-state index in [4.69, 9.17) is 5.11 Å². The maximum atomic E-state index is 12.3. The van der Waals surface area contributed by atoms with Crippen molar-refractivity contribution >= 4 is 11.9 Å². The van der Waals surface area contributed by atoms with Gasteiger partial charge in [0, 0.05) is 19.8 Å². The molecule has 17 heavy (non-hydrogen) atoms. The number of rotatable bonds is 4. The van der Waals surface area contributed by atoms with Crippen LogP contribution in [0.3, 0.4) is 0 Å². The fourth-order valence-corrected chi connectivity index (χ4v) is 1.05. The molecular formula is C9H10F3N3O2. The van der Waals surface area contributed by atoms with Gasteiger partial charge in [-0.1, -0.05) is 0 Å². The van der Waals surface area contributed by atoms with Gasteiger partial charge in [0.15, 0.2) is 0 Å². The number of nitrogens with zero attached hydrogens (tertiary/aromatic N) is 3. The summed E-state index contributed by atoms with van der Waals surface area (Å²) in [6.45, 7) is 0.0383. The Morgan fingerprint density at radius 2 is 2.18 bits per heavy atom. The quantitative estimate of drug-likeness (QED) is 0.873. The van der Waals surface area contributed by atoms with E-state index in [1.165, 1.54) is 11.9 Å². The van der Waals surface area contributed by atoms with Crippen LogP contribution in [0.4, 0.5) is 19.1 Å². The minimum atomic E-state index is -4.54. The van der Waals surface area contributed by atoms with E-state index < -0.39 is 17.8 Å². The predicted molar refractivity (Wildman–Crippen MR) is 52.6 cm³/mol. The molecule has 0 amide bonds. The van der Waals surface area contributed by atoms with E-state index in [1.54, 1.807) is 0 Å². The van der Waals surface area contributed by atoms with Crippen LogP contribution in [-0.4, -0.2) is 34.6 Å². The molecule has 0 atom stereocenters. The summed E-state index contributed by atoms with van der Waals surface area (Å²) in [5.74, 6) is -1.19. The molecule has 1 aromatic heterocycles. The van der Waals surface area contributed by atoms with Crippen LogP contribution in [0.15, 0.2) is 12.3 Å². The molecule has 0 aliphatic heterocycles. The number of alkyl halides is 3. The van der Waals surface area contributed by atoms with Crippen molar-refractivity contribution in [3.63, 3.8) is 0 Å². The van der Waals surface area contributed by atoms with E-state index in [1.807, 2.05) is 0 Å². The summed E-state index contributed by atoms with van der Waals surface area (Å²) in [6, 6.07) is 0.758. The van der Waals surface area contributed by atoms with Crippen molar-refractivity contribution in [1.29, 1.82) is 0 Å². The monoisotopic (exact) mass is 249 g/mol. The van der Waals surface area contributed by atoms with Gasteiger partial charge in [-0.05, 0) is 6.07 Å². The van der Waals surface area contributed by atoms with E-state index in [0.29, 0.717) is 0 Å². The normalized spacial score (nSPS) is 11.3. The van der Waals surface area contributed by atoms with Crippen molar-refractivity contribution in [2.24, 2.45) is 0 Å². The second-order valence-corrected chi connectivity index (χ2v) is 3.30. The third kappa shape index (κ3) is 3.89. The number of hydrogen-bond donors (Lipinski definition) is 1. The highest BCUT2D eigenvalue weighted by molar-refractivity contribution is 5.67. The van der Waals surface area contributed by atoms with Crippen molar-refractivity contribution in [3.05, 3.63) is 18.0 Å². The van der Waals surface area contributed by atoms with Crippen LogP contribution in [0.25, 0.3) is 0 Å². The Balaban J connectivity index is 2.81. The van der Waals surface area contributed by atoms with Crippen molar-refractivity contribution in [1.82, 2.24) is 9.97 Å². The highest BCUT2D eigenvalue weighted by Gasteiger charge is 2.33. The Kier molecular flexibility index (Phi) is 3.87. The number of carboxylic acids is 1. The molecule has 0 saturated heterocycles. The first kappa shape index (κ1) is 13.2. The third-order valence-corrected chi connectivity index (χ3v) is 1.94. The highest BCUT2D eigenvalue weighted by Crippen LogP contribution is 2.27. The second kappa shape index (κ2) is 4.98. The topological polar surface area (TPSA) is 66.3 Å². The predicted octanol–water partition coefficient (Wildman–Crippen LogP) is 1.41. The van der Waals surface area contributed by atoms with Crippen LogP contribution < -0.4 is 4.90 Å². The average Bonchev–Trinajstić information content (AvgIpc) is 2.25. The molecular weight excluding hydrogens is 239 g/mol. The summed E-state index contributed by atoms with van der Waals surface area (Å²) >= 11 is 0. The minimum absolute atomic E-state index is 0.0383. The maximum absolute atomic E-state index is 12.3. The number of aliphatic carboxylic acids is 1. The van der Waals surface area contributed by atoms with Gasteiger partial charge in [-0.25, -0.2) is 9.97 Å². The standard InChI is InChI=1S/C9H10F3N3O2/c1-15(5-3-7(16)17)8-13-4-2-6(14-8)9(10,11)12/h2,4H,3,5H2,1H3,(H,16,17). The zero-order valence-corrected chi connectivity index (χ0v) is 8.90. The Hall–Kier alpha value is -1.86. The smallest absolute Gasteiger partial charge is 0.433 e. The van der Waals surface area contributed by atoms with Crippen molar-refractivity contribution in [3.8, 4) is 0 Å². The molecule has 0 aliphatic rings. The molecule has 0 fully saturated rings. The first-order chi connectivity index (χ1) is 7.80. The zero-order chi connectivity index (χ0) is 13.1. The molecule has 8 heteroatoms. The number of anilines is 1. The van der Waals surface area contributed by atoms with E-state index >= 15 is 0 Å². The van der Waals surface area contributed by atoms with E-state index in [0.717, 1.165) is 12.3 Å². The molecule has 0 spiro atoms. The van der Waals surface area contributed by atoms with Gasteiger partial charge in [0.05, 0.1) is 6.42 Å². The summed E-state index contributed by atoms with van der Waals surface area (Å²) < 4.78 is 37.0. The molecule has 0 bridgehead atoms. The van der Waals surface area contributed by atoms with Gasteiger partial charge in [0.25, 0.3) is 0 Å². The first-order valence-corrected chi connectivity index (χ1v) is 4.64. The number of carboxylic acid groups (broad SMARTS) is 1. The Bertz CT molecular complexity index is 409. The van der Waals surface area contributed by atoms with Crippen LogP contribution in [0.1, 0.15) is 12.1 Å². The van der Waals surface area contributed by atoms with E-state index in [-0.39, 0.29) is 18.9 Å². The molecule has 1 N–H and O–H groups in total. The van der Waals surface area contributed by atoms with Crippen LogP contribution in [0.5, 0.6) is 0 Å². The number of hydrogen-bond acceptors (Lipinski definition) is 4. The molecule has 0 saturated carbocycles. The van der Waals surface area contributed by atoms with Gasteiger partial charge >= 0.3 is 12.1 Å². The average molecular weight is 249 g/mol. The Morgan fingerprint density at radius 3 is 2.71 bits per heavy atom. The van der Waals surface area contributed by atoms with Crippen molar-refractivity contribution in [2.45, 2.75) is 12.6 Å². The minimum Gasteiger partial charge on any atom is -0.481 e. The summed E-state index contributed by atoms with van der Waals surface area (Å²) in [4.78, 5) is 18.5. The molecule has 0 radical (unpaired) electrons. The molecule has 94 valence electrons. The molecule has 1 heterocycles. The van der Waals surface area contributed by atoms with Gasteiger partial charge in [-0.3, -0.25) is 4.79 Å². The van der Waals surface area contributed by atoms with E-state index in [2.05, 4.69) is 9.97 Å². The van der Waals surface area contributed by atoms with Crippen LogP contribution in [0, 0.1) is 0 Å². The largest absolute Gasteiger partial charge is 0.481 e. The Labute approximate surface area is 94.9 Å². The maximum Gasteiger partial charge on any atom is 0.433 e. The van der Waals surface area contributed by atoms with Crippen LogP contribution >= 0.6 is 0 Å². The van der Waals surface area contributed by atoms with Crippen molar-refractivity contribution in [2.75, 3.05) is 18.5 Å². The van der Waals surface area contributed by atoms with Gasteiger partial charge < -0.3 is 10.0 Å². The first-order valence-electron chi connectivity index (χ1n) is 4.64. The molecule has 0 unspecified atom stereocenters. The second-order valence-electron chi connectivity index (χ2n) is 3.30. The lowest BCUT2D eigenvalue weighted by Crippen LogP contribution is -2.24. The highest BCUT2D eigenvalue weighted by atomic mass is 19.4. The lowest BCUT2D eigenvalue weighted by Gasteiger charge is -2.16. The van der Waals surface area contributed by atoms with E-state index in [9.17, 15) is 18.0 Å². The summed E-state index contributed by atoms with van der Waals surface area (Å²) in [7, 11) is 1.43. The lowest BCUT2D eigenvalue weighted by atomic mass is 10.4.